The highest BCUT2D eigenvalue weighted by molar-refractivity contribution is 8.00. The Morgan fingerprint density at radius 3 is 2.26 bits per heavy atom. The first-order valence-electron chi connectivity index (χ1n) is 16.5. The Morgan fingerprint density at radius 1 is 1.04 bits per heavy atom. The minimum atomic E-state index is -0.983. The fourth-order valence-electron chi connectivity index (χ4n) is 5.38. The van der Waals surface area contributed by atoms with E-state index in [1.165, 1.54) is 4.90 Å². The lowest BCUT2D eigenvalue weighted by Crippen LogP contribution is -2.60. The topological polar surface area (TPSA) is 194 Å². The van der Waals surface area contributed by atoms with Gasteiger partial charge in [0.15, 0.2) is 0 Å². The SMILES string of the molecule is CN[C@H](C(=O)N[C@H](C(=O)N(C)C/C=C(\C)C(=O)NCC(=O)NCCN1C(=O)CC(SCCC(=O)O)C1=O)C(C)(C)C)C(C)(C)c1ccccc1. The van der Waals surface area contributed by atoms with Gasteiger partial charge in [-0.1, -0.05) is 71.0 Å². The lowest BCUT2D eigenvalue weighted by atomic mass is 9.76. The fraction of sp³-hybridized carbons (Fsp3) is 0.571. The number of rotatable bonds is 18. The van der Waals surface area contributed by atoms with E-state index < -0.39 is 51.9 Å². The number of nitrogens with one attached hydrogen (secondary N) is 4. The number of likely N-dealkylation sites (tertiary alicyclic amines) is 1. The Hall–Kier alpha value is -4.24. The minimum Gasteiger partial charge on any atom is -0.481 e. The standard InChI is InChI=1S/C35H52N6O8S/c1-22(30(46)38-21-25(42)37-16-18-41-26(43)20-24(32(41)48)50-19-15-27(44)45)14-17-40(8)33(49)29(34(2,3)4)39-31(47)28(36-7)35(5,6)23-12-10-9-11-13-23/h9-14,24,28-29,36H,15-21H2,1-8H3,(H,37,42)(H,38,46)(H,39,47)(H,44,45)/b22-14+/t24?,28-,29-/m1/s1. The third-order valence-corrected chi connectivity index (χ3v) is 9.71. The number of carbonyl (C=O) groups is 7. The molecule has 1 aliphatic rings. The van der Waals surface area contributed by atoms with Gasteiger partial charge in [0, 0.05) is 49.8 Å². The van der Waals surface area contributed by atoms with Crippen molar-refractivity contribution in [2.45, 2.75) is 77.1 Å². The second-order valence-corrected chi connectivity index (χ2v) is 15.2. The molecule has 0 radical (unpaired) electrons. The van der Waals surface area contributed by atoms with Gasteiger partial charge in [-0.05, 0) is 24.9 Å². The van der Waals surface area contributed by atoms with E-state index in [4.69, 9.17) is 5.11 Å². The number of hydrogen-bond donors (Lipinski definition) is 5. The van der Waals surface area contributed by atoms with Gasteiger partial charge in [-0.15, -0.1) is 11.8 Å². The summed E-state index contributed by atoms with van der Waals surface area (Å²) in [6.45, 7) is 10.7. The molecule has 15 heteroatoms. The molecule has 1 aliphatic heterocycles. The van der Waals surface area contributed by atoms with Crippen molar-refractivity contribution >= 4 is 53.2 Å². The fourth-order valence-corrected chi connectivity index (χ4v) is 6.49. The van der Waals surface area contributed by atoms with Crippen molar-refractivity contribution in [3.63, 3.8) is 0 Å². The molecule has 1 saturated heterocycles. The number of carbonyl (C=O) groups excluding carboxylic acids is 6. The van der Waals surface area contributed by atoms with Gasteiger partial charge in [0.25, 0.3) is 0 Å². The molecule has 5 N–H and O–H groups in total. The summed E-state index contributed by atoms with van der Waals surface area (Å²) >= 11 is 1.12. The van der Waals surface area contributed by atoms with E-state index in [0.29, 0.717) is 0 Å². The molecule has 14 nitrogen and oxygen atoms in total. The zero-order chi connectivity index (χ0) is 37.8. The molecule has 50 heavy (non-hydrogen) atoms. The van der Waals surface area contributed by atoms with E-state index in [9.17, 15) is 33.6 Å². The molecule has 0 bridgehead atoms. The molecule has 0 saturated carbocycles. The molecule has 1 aromatic carbocycles. The largest absolute Gasteiger partial charge is 0.481 e. The summed E-state index contributed by atoms with van der Waals surface area (Å²) in [5.74, 6) is -3.27. The second-order valence-electron chi connectivity index (χ2n) is 13.8. The van der Waals surface area contributed by atoms with Crippen LogP contribution in [0.1, 0.15) is 59.9 Å². The van der Waals surface area contributed by atoms with Crippen molar-refractivity contribution in [1.82, 2.24) is 31.1 Å². The van der Waals surface area contributed by atoms with Crippen LogP contribution in [0.5, 0.6) is 0 Å². The van der Waals surface area contributed by atoms with Gasteiger partial charge in [0.05, 0.1) is 24.3 Å². The molecule has 3 atom stereocenters. The molecule has 0 aliphatic carbocycles. The number of hydrogen-bond acceptors (Lipinski definition) is 9. The van der Waals surface area contributed by atoms with E-state index in [0.717, 1.165) is 22.2 Å². The Kier molecular flexibility index (Phi) is 15.7. The number of carboxylic acid groups (broad SMARTS) is 1. The summed E-state index contributed by atoms with van der Waals surface area (Å²) in [5, 5.41) is 19.3. The number of carboxylic acids is 1. The maximum atomic E-state index is 13.6. The zero-order valence-electron chi connectivity index (χ0n) is 30.3. The van der Waals surface area contributed by atoms with Crippen LogP contribution in [0.4, 0.5) is 0 Å². The van der Waals surface area contributed by atoms with Crippen LogP contribution in [0.15, 0.2) is 42.0 Å². The molecule has 6 amide bonds. The van der Waals surface area contributed by atoms with Crippen molar-refractivity contribution in [2.24, 2.45) is 5.41 Å². The second kappa shape index (κ2) is 18.7. The van der Waals surface area contributed by atoms with Gasteiger partial charge in [-0.25, -0.2) is 0 Å². The lowest BCUT2D eigenvalue weighted by molar-refractivity contribution is -0.139. The van der Waals surface area contributed by atoms with Gasteiger partial charge >= 0.3 is 5.97 Å². The average molecular weight is 717 g/mol. The van der Waals surface area contributed by atoms with Gasteiger partial charge in [0.1, 0.15) is 6.04 Å². The predicted molar refractivity (Wildman–Crippen MR) is 191 cm³/mol. The Morgan fingerprint density at radius 2 is 1.68 bits per heavy atom. The monoisotopic (exact) mass is 716 g/mol. The number of amides is 6. The van der Waals surface area contributed by atoms with Gasteiger partial charge in [0.2, 0.25) is 35.4 Å². The first-order valence-corrected chi connectivity index (χ1v) is 17.5. The van der Waals surface area contributed by atoms with E-state index in [-0.39, 0.29) is 68.1 Å². The molecule has 1 aromatic rings. The van der Waals surface area contributed by atoms with Gasteiger partial charge in [-0.2, -0.15) is 0 Å². The summed E-state index contributed by atoms with van der Waals surface area (Å²) < 4.78 is 0. The molecule has 0 spiro atoms. The highest BCUT2D eigenvalue weighted by Crippen LogP contribution is 2.29. The van der Waals surface area contributed by atoms with Crippen LogP contribution in [0.2, 0.25) is 0 Å². The molecule has 2 rings (SSSR count). The number of aliphatic carboxylic acids is 1. The maximum absolute atomic E-state index is 13.6. The summed E-state index contributed by atoms with van der Waals surface area (Å²) in [5.41, 5.74) is 0.0323. The minimum absolute atomic E-state index is 0.00920. The van der Waals surface area contributed by atoms with Crippen LogP contribution in [0, 0.1) is 5.41 Å². The number of imide groups is 1. The first-order chi connectivity index (χ1) is 23.3. The number of benzene rings is 1. The van der Waals surface area contributed by atoms with Crippen molar-refractivity contribution < 1.29 is 38.7 Å². The van der Waals surface area contributed by atoms with Crippen LogP contribution in [-0.2, 0) is 39.0 Å². The van der Waals surface area contributed by atoms with Crippen molar-refractivity contribution in [3.8, 4) is 0 Å². The van der Waals surface area contributed by atoms with Crippen LogP contribution >= 0.6 is 11.8 Å². The van der Waals surface area contributed by atoms with Gasteiger partial charge < -0.3 is 31.3 Å². The van der Waals surface area contributed by atoms with E-state index in [2.05, 4.69) is 21.3 Å². The van der Waals surface area contributed by atoms with Crippen molar-refractivity contribution in [2.75, 3.05) is 46.0 Å². The maximum Gasteiger partial charge on any atom is 0.304 e. The number of nitrogens with zero attached hydrogens (tertiary/aromatic N) is 2. The molecule has 0 aromatic heterocycles. The first kappa shape index (κ1) is 41.9. The van der Waals surface area contributed by atoms with Crippen LogP contribution in [0.25, 0.3) is 0 Å². The number of thioether (sulfide) groups is 1. The third kappa shape index (κ3) is 12.0. The molecular formula is C35H52N6O8S. The normalized spacial score (nSPS) is 16.4. The molecule has 276 valence electrons. The predicted octanol–water partition coefficient (Wildman–Crippen LogP) is 1.06. The van der Waals surface area contributed by atoms with E-state index in [1.807, 2.05) is 65.0 Å². The Bertz CT molecular complexity index is 1440. The van der Waals surface area contributed by atoms with Gasteiger partial charge in [-0.3, -0.25) is 38.5 Å². The van der Waals surface area contributed by atoms with E-state index >= 15 is 0 Å². The smallest absolute Gasteiger partial charge is 0.304 e. The highest BCUT2D eigenvalue weighted by Gasteiger charge is 2.41. The Labute approximate surface area is 298 Å². The molecular weight excluding hydrogens is 664 g/mol. The average Bonchev–Trinajstić information content (AvgIpc) is 3.31. The van der Waals surface area contributed by atoms with Crippen LogP contribution in [-0.4, -0.2) is 120 Å². The van der Waals surface area contributed by atoms with Crippen molar-refractivity contribution in [1.29, 1.82) is 0 Å². The van der Waals surface area contributed by atoms with Crippen LogP contribution < -0.4 is 21.3 Å². The molecule has 1 heterocycles. The zero-order valence-corrected chi connectivity index (χ0v) is 31.1. The highest BCUT2D eigenvalue weighted by atomic mass is 32.2. The van der Waals surface area contributed by atoms with E-state index in [1.54, 1.807) is 27.1 Å². The molecule has 1 unspecified atom stereocenters. The summed E-state index contributed by atoms with van der Waals surface area (Å²) in [6.07, 6.45) is 1.42. The third-order valence-electron chi connectivity index (χ3n) is 8.50. The quantitative estimate of drug-likeness (QED) is 0.108. The van der Waals surface area contributed by atoms with Crippen LogP contribution in [0.3, 0.4) is 0 Å². The Balaban J connectivity index is 1.89. The summed E-state index contributed by atoms with van der Waals surface area (Å²) in [7, 11) is 3.29. The summed E-state index contributed by atoms with van der Waals surface area (Å²) in [4.78, 5) is 90.1. The van der Waals surface area contributed by atoms with Crippen molar-refractivity contribution in [3.05, 3.63) is 47.5 Å². The molecule has 1 fully saturated rings. The summed E-state index contributed by atoms with van der Waals surface area (Å²) in [6, 6.07) is 8.17. The number of likely N-dealkylation sites (N-methyl/N-ethyl adjacent to an activating group) is 2. The lowest BCUT2D eigenvalue weighted by Gasteiger charge is -2.38.